The molecular formula is C28H23N. The fourth-order valence-corrected chi connectivity index (χ4v) is 3.97. The molecule has 0 spiro atoms. The van der Waals surface area contributed by atoms with Crippen LogP contribution in [0.25, 0.3) is 21.5 Å². The maximum atomic E-state index is 2.33. The molecule has 1 heteroatoms. The van der Waals surface area contributed by atoms with Gasteiger partial charge in [0.1, 0.15) is 0 Å². The maximum Gasteiger partial charge on any atom is 0.0468 e. The van der Waals surface area contributed by atoms with Crippen molar-refractivity contribution in [1.82, 2.24) is 0 Å². The van der Waals surface area contributed by atoms with E-state index in [2.05, 4.69) is 122 Å². The molecule has 0 unspecified atom stereocenters. The van der Waals surface area contributed by atoms with E-state index in [1.54, 1.807) is 0 Å². The van der Waals surface area contributed by atoms with Crippen LogP contribution in [-0.2, 0) is 0 Å². The van der Waals surface area contributed by atoms with Crippen molar-refractivity contribution in [3.05, 3.63) is 114 Å². The molecule has 5 aromatic carbocycles. The lowest BCUT2D eigenvalue weighted by molar-refractivity contribution is 1.27. The van der Waals surface area contributed by atoms with Gasteiger partial charge in [-0.25, -0.2) is 0 Å². The summed E-state index contributed by atoms with van der Waals surface area (Å²) >= 11 is 0. The van der Waals surface area contributed by atoms with Crippen molar-refractivity contribution >= 4 is 38.6 Å². The van der Waals surface area contributed by atoms with E-state index in [0.717, 1.165) is 0 Å². The van der Waals surface area contributed by atoms with Crippen molar-refractivity contribution in [1.29, 1.82) is 0 Å². The number of nitrogens with zero attached hydrogens (tertiary/aromatic N) is 1. The average molecular weight is 373 g/mol. The van der Waals surface area contributed by atoms with Gasteiger partial charge in [-0.05, 0) is 71.8 Å². The first kappa shape index (κ1) is 17.5. The molecule has 0 aliphatic rings. The van der Waals surface area contributed by atoms with Gasteiger partial charge in [-0.2, -0.15) is 0 Å². The van der Waals surface area contributed by atoms with Crippen molar-refractivity contribution in [3.8, 4) is 0 Å². The predicted octanol–water partition coefficient (Wildman–Crippen LogP) is 8.08. The molecule has 5 rings (SSSR count). The van der Waals surface area contributed by atoms with Gasteiger partial charge in [0.15, 0.2) is 0 Å². The minimum Gasteiger partial charge on any atom is -0.310 e. The van der Waals surface area contributed by atoms with Crippen LogP contribution in [0.5, 0.6) is 0 Å². The highest BCUT2D eigenvalue weighted by Crippen LogP contribution is 2.37. The minimum absolute atomic E-state index is 1.17. The van der Waals surface area contributed by atoms with Gasteiger partial charge in [-0.1, -0.05) is 77.9 Å². The second-order valence-electron chi connectivity index (χ2n) is 7.70. The number of hydrogen-bond acceptors (Lipinski definition) is 1. The zero-order chi connectivity index (χ0) is 19.8. The summed E-state index contributed by atoms with van der Waals surface area (Å²) in [5, 5.41) is 5.13. The molecule has 0 amide bonds. The molecule has 5 aromatic rings. The van der Waals surface area contributed by atoms with Crippen LogP contribution in [0.4, 0.5) is 17.1 Å². The van der Waals surface area contributed by atoms with Gasteiger partial charge >= 0.3 is 0 Å². The predicted molar refractivity (Wildman–Crippen MR) is 126 cm³/mol. The van der Waals surface area contributed by atoms with Crippen LogP contribution in [0.15, 0.2) is 103 Å². The first-order chi connectivity index (χ1) is 14.2. The highest BCUT2D eigenvalue weighted by Gasteiger charge is 2.13. The van der Waals surface area contributed by atoms with Gasteiger partial charge in [-0.3, -0.25) is 0 Å². The zero-order valence-corrected chi connectivity index (χ0v) is 16.8. The third-order valence-corrected chi connectivity index (χ3v) is 5.57. The molecule has 0 fully saturated rings. The summed E-state index contributed by atoms with van der Waals surface area (Å²) in [6.45, 7) is 4.25. The van der Waals surface area contributed by atoms with Crippen LogP contribution in [0.1, 0.15) is 11.1 Å². The molecule has 1 nitrogen and oxygen atoms in total. The fraction of sp³-hybridized carbons (Fsp3) is 0.0714. The van der Waals surface area contributed by atoms with E-state index < -0.39 is 0 Å². The average Bonchev–Trinajstić information content (AvgIpc) is 2.76. The van der Waals surface area contributed by atoms with E-state index in [0.29, 0.717) is 0 Å². The van der Waals surface area contributed by atoms with Crippen LogP contribution in [0.2, 0.25) is 0 Å². The summed E-state index contributed by atoms with van der Waals surface area (Å²) in [6.07, 6.45) is 0. The summed E-state index contributed by atoms with van der Waals surface area (Å²) in [5.41, 5.74) is 6.03. The Balaban J connectivity index is 1.70. The highest BCUT2D eigenvalue weighted by atomic mass is 15.1. The number of anilines is 3. The first-order valence-electron chi connectivity index (χ1n) is 10.0. The number of benzene rings is 5. The Kier molecular flexibility index (Phi) is 4.29. The molecular weight excluding hydrogens is 350 g/mol. The van der Waals surface area contributed by atoms with Crippen molar-refractivity contribution in [2.75, 3.05) is 4.90 Å². The standard InChI is InChI=1S/C28H23N/c1-20-7-13-24(14-8-20)29(25-15-9-21(2)10-16-25)26-17-18-28-23(19-26)12-11-22-5-3-4-6-27(22)28/h3-19H,1-2H3. The Morgan fingerprint density at radius 3 is 1.62 bits per heavy atom. The van der Waals surface area contributed by atoms with Gasteiger partial charge < -0.3 is 4.90 Å². The SMILES string of the molecule is Cc1ccc(N(c2ccc(C)cc2)c2ccc3c(ccc4ccccc43)c2)cc1. The van der Waals surface area contributed by atoms with E-state index >= 15 is 0 Å². The van der Waals surface area contributed by atoms with E-state index in [1.165, 1.54) is 49.7 Å². The van der Waals surface area contributed by atoms with Crippen LogP contribution < -0.4 is 4.90 Å². The lowest BCUT2D eigenvalue weighted by atomic mass is 10.0. The second-order valence-corrected chi connectivity index (χ2v) is 7.70. The molecule has 0 radical (unpaired) electrons. The molecule has 0 aliphatic heterocycles. The molecule has 0 bridgehead atoms. The molecule has 0 atom stereocenters. The lowest BCUT2D eigenvalue weighted by Gasteiger charge is -2.26. The third kappa shape index (κ3) is 3.25. The molecule has 0 saturated carbocycles. The lowest BCUT2D eigenvalue weighted by Crippen LogP contribution is -2.09. The highest BCUT2D eigenvalue weighted by molar-refractivity contribution is 6.08. The summed E-state index contributed by atoms with van der Waals surface area (Å²) < 4.78 is 0. The Hall–Kier alpha value is -3.58. The van der Waals surface area contributed by atoms with Crippen LogP contribution in [-0.4, -0.2) is 0 Å². The fourth-order valence-electron chi connectivity index (χ4n) is 3.97. The Morgan fingerprint density at radius 1 is 0.448 bits per heavy atom. The van der Waals surface area contributed by atoms with Crippen molar-refractivity contribution < 1.29 is 0 Å². The van der Waals surface area contributed by atoms with Crippen LogP contribution in [0, 0.1) is 13.8 Å². The molecule has 0 aromatic heterocycles. The molecule has 0 heterocycles. The van der Waals surface area contributed by atoms with Crippen molar-refractivity contribution in [3.63, 3.8) is 0 Å². The van der Waals surface area contributed by atoms with Gasteiger partial charge in [0, 0.05) is 17.1 Å². The van der Waals surface area contributed by atoms with Gasteiger partial charge in [0.05, 0.1) is 0 Å². The van der Waals surface area contributed by atoms with Gasteiger partial charge in [0.2, 0.25) is 0 Å². The molecule has 0 saturated heterocycles. The monoisotopic (exact) mass is 373 g/mol. The maximum absolute atomic E-state index is 2.33. The first-order valence-corrected chi connectivity index (χ1v) is 10.0. The topological polar surface area (TPSA) is 3.24 Å². The minimum atomic E-state index is 1.17. The smallest absolute Gasteiger partial charge is 0.0468 e. The van der Waals surface area contributed by atoms with Gasteiger partial charge in [0.25, 0.3) is 0 Å². The largest absolute Gasteiger partial charge is 0.310 e. The summed E-state index contributed by atoms with van der Waals surface area (Å²) in [4.78, 5) is 2.33. The van der Waals surface area contributed by atoms with Crippen LogP contribution in [0.3, 0.4) is 0 Å². The van der Waals surface area contributed by atoms with Crippen LogP contribution >= 0.6 is 0 Å². The number of fused-ring (bicyclic) bond motifs is 3. The third-order valence-electron chi connectivity index (χ3n) is 5.57. The van der Waals surface area contributed by atoms with Crippen molar-refractivity contribution in [2.45, 2.75) is 13.8 Å². The number of aryl methyl sites for hydroxylation is 2. The van der Waals surface area contributed by atoms with Crippen molar-refractivity contribution in [2.24, 2.45) is 0 Å². The Labute approximate surface area is 171 Å². The molecule has 0 N–H and O–H groups in total. The molecule has 0 aliphatic carbocycles. The molecule has 29 heavy (non-hydrogen) atoms. The zero-order valence-electron chi connectivity index (χ0n) is 16.8. The second kappa shape index (κ2) is 7.10. The Morgan fingerprint density at radius 2 is 0.966 bits per heavy atom. The number of hydrogen-bond donors (Lipinski definition) is 0. The molecule has 140 valence electrons. The summed E-state index contributed by atoms with van der Waals surface area (Å²) in [6, 6.07) is 37.3. The summed E-state index contributed by atoms with van der Waals surface area (Å²) in [7, 11) is 0. The van der Waals surface area contributed by atoms with E-state index in [1.807, 2.05) is 0 Å². The summed E-state index contributed by atoms with van der Waals surface area (Å²) in [5.74, 6) is 0. The van der Waals surface area contributed by atoms with Gasteiger partial charge in [-0.15, -0.1) is 0 Å². The number of rotatable bonds is 3. The quantitative estimate of drug-likeness (QED) is 0.289. The Bertz CT molecular complexity index is 1250. The normalized spacial score (nSPS) is 11.1. The van der Waals surface area contributed by atoms with E-state index in [-0.39, 0.29) is 0 Å². The van der Waals surface area contributed by atoms with E-state index in [4.69, 9.17) is 0 Å². The van der Waals surface area contributed by atoms with E-state index in [9.17, 15) is 0 Å².